The molecule has 0 bridgehead atoms. The summed E-state index contributed by atoms with van der Waals surface area (Å²) in [5.74, 6) is 0.962. The number of rotatable bonds is 7. The Hall–Kier alpha value is -3.90. The van der Waals surface area contributed by atoms with Gasteiger partial charge in [0.1, 0.15) is 11.5 Å². The van der Waals surface area contributed by atoms with E-state index in [0.29, 0.717) is 18.0 Å². The second kappa shape index (κ2) is 8.92. The monoisotopic (exact) mass is 439 g/mol. The smallest absolute Gasteiger partial charge is 0.251 e. The maximum atomic E-state index is 12.9. The number of H-pyrrole nitrogens is 1. The number of carbonyl (C=O) groups is 2. The number of nitrogens with zero attached hydrogens (tertiary/aromatic N) is 1. The van der Waals surface area contributed by atoms with Gasteiger partial charge in [-0.15, -0.1) is 0 Å². The first-order valence-corrected chi connectivity index (χ1v) is 11.1. The van der Waals surface area contributed by atoms with Gasteiger partial charge in [0.15, 0.2) is 0 Å². The lowest BCUT2D eigenvalue weighted by atomic mass is 10.1. The van der Waals surface area contributed by atoms with E-state index in [0.717, 1.165) is 17.7 Å². The van der Waals surface area contributed by atoms with Crippen molar-refractivity contribution in [2.45, 2.75) is 25.8 Å². The molecule has 1 fully saturated rings. The molecule has 0 aliphatic carbocycles. The Morgan fingerprint density at radius 3 is 2.55 bits per heavy atom. The Balaban J connectivity index is 1.21. The van der Waals surface area contributed by atoms with Gasteiger partial charge >= 0.3 is 0 Å². The van der Waals surface area contributed by atoms with E-state index in [9.17, 15) is 9.59 Å². The maximum absolute atomic E-state index is 12.9. The molecule has 1 aromatic heterocycles. The predicted molar refractivity (Wildman–Crippen MR) is 129 cm³/mol. The predicted octanol–water partition coefficient (Wildman–Crippen LogP) is 4.73. The summed E-state index contributed by atoms with van der Waals surface area (Å²) in [6.45, 7) is 2.69. The Bertz CT molecular complexity index is 1300. The molecule has 1 aliphatic rings. The number of hydrogen-bond acceptors (Lipinski definition) is 4. The summed E-state index contributed by atoms with van der Waals surface area (Å²) in [4.78, 5) is 30.1. The molecule has 5 rings (SSSR count). The number of benzene rings is 3. The molecule has 2 amide bonds. The fourth-order valence-corrected chi connectivity index (χ4v) is 4.23. The van der Waals surface area contributed by atoms with E-state index in [2.05, 4.69) is 35.4 Å². The first-order valence-electron chi connectivity index (χ1n) is 11.1. The zero-order valence-corrected chi connectivity index (χ0v) is 18.4. The van der Waals surface area contributed by atoms with Crippen molar-refractivity contribution in [2.24, 2.45) is 0 Å². The first-order chi connectivity index (χ1) is 16.1. The Kier molecular flexibility index (Phi) is 5.67. The highest BCUT2D eigenvalue weighted by Crippen LogP contribution is 2.28. The molecule has 33 heavy (non-hydrogen) atoms. The molecule has 0 saturated carbocycles. The Morgan fingerprint density at radius 1 is 1.00 bits per heavy atom. The van der Waals surface area contributed by atoms with Crippen molar-refractivity contribution in [3.63, 3.8) is 0 Å². The molecule has 1 saturated heterocycles. The third-order valence-corrected chi connectivity index (χ3v) is 5.93. The van der Waals surface area contributed by atoms with Gasteiger partial charge in [-0.1, -0.05) is 29.8 Å². The van der Waals surface area contributed by atoms with Crippen molar-refractivity contribution in [3.8, 4) is 11.5 Å². The van der Waals surface area contributed by atoms with Gasteiger partial charge in [0.25, 0.3) is 5.91 Å². The minimum atomic E-state index is -0.510. The van der Waals surface area contributed by atoms with Crippen LogP contribution in [0.25, 0.3) is 10.9 Å². The van der Waals surface area contributed by atoms with E-state index in [1.165, 1.54) is 21.4 Å². The van der Waals surface area contributed by atoms with Gasteiger partial charge in [-0.25, -0.2) is 4.90 Å². The molecule has 166 valence electrons. The molecule has 2 N–H and O–H groups in total. The quantitative estimate of drug-likeness (QED) is 0.408. The molecular weight excluding hydrogens is 414 g/mol. The van der Waals surface area contributed by atoms with Gasteiger partial charge in [-0.05, 0) is 67.4 Å². The first kappa shape index (κ1) is 21.0. The summed E-state index contributed by atoms with van der Waals surface area (Å²) in [5.41, 5.74) is 4.07. The van der Waals surface area contributed by atoms with Gasteiger partial charge < -0.3 is 15.0 Å². The number of amides is 2. The third-order valence-electron chi connectivity index (χ3n) is 5.93. The van der Waals surface area contributed by atoms with Crippen molar-refractivity contribution in [2.75, 3.05) is 11.4 Å². The Morgan fingerprint density at radius 2 is 1.76 bits per heavy atom. The van der Waals surface area contributed by atoms with Crippen LogP contribution in [0.15, 0.2) is 79.0 Å². The molecule has 0 spiro atoms. The highest BCUT2D eigenvalue weighted by molar-refractivity contribution is 6.22. The molecule has 1 aliphatic heterocycles. The van der Waals surface area contributed by atoms with Crippen LogP contribution in [-0.2, 0) is 16.0 Å². The fourth-order valence-electron chi connectivity index (χ4n) is 4.23. The lowest BCUT2D eigenvalue weighted by Gasteiger charge is -2.16. The number of imide groups is 1. The summed E-state index contributed by atoms with van der Waals surface area (Å²) >= 11 is 0. The summed E-state index contributed by atoms with van der Waals surface area (Å²) in [6.07, 6.45) is 2.94. The van der Waals surface area contributed by atoms with Gasteiger partial charge in [-0.2, -0.15) is 0 Å². The lowest BCUT2D eigenvalue weighted by Crippen LogP contribution is -2.39. The Labute approximate surface area is 192 Å². The molecule has 4 aromatic rings. The second-order valence-electron chi connectivity index (χ2n) is 8.30. The number of ether oxygens (including phenoxy) is 1. The zero-order chi connectivity index (χ0) is 22.8. The number of aromatic nitrogens is 1. The maximum Gasteiger partial charge on any atom is 0.251 e. The number of anilines is 1. The molecule has 6 heteroatoms. The van der Waals surface area contributed by atoms with Crippen molar-refractivity contribution in [3.05, 3.63) is 90.1 Å². The van der Waals surface area contributed by atoms with Gasteiger partial charge in [0, 0.05) is 23.6 Å². The van der Waals surface area contributed by atoms with Crippen LogP contribution in [0, 0.1) is 6.92 Å². The SMILES string of the molecule is Cc1ccc2[nH]cc(CCN[C@@H]3CC(=O)N(c4ccc(Oc5ccccc5)cc4)C3=O)c2c1. The van der Waals surface area contributed by atoms with Crippen molar-refractivity contribution in [1.82, 2.24) is 10.3 Å². The normalized spacial score (nSPS) is 16.0. The molecule has 0 radical (unpaired) electrons. The lowest BCUT2D eigenvalue weighted by molar-refractivity contribution is -0.121. The largest absolute Gasteiger partial charge is 0.457 e. The zero-order valence-electron chi connectivity index (χ0n) is 18.4. The molecule has 2 heterocycles. The van der Waals surface area contributed by atoms with E-state index in [1.807, 2.05) is 36.5 Å². The average molecular weight is 440 g/mol. The minimum Gasteiger partial charge on any atom is -0.457 e. The molecule has 3 aromatic carbocycles. The van der Waals surface area contributed by atoms with Crippen LogP contribution in [0.1, 0.15) is 17.5 Å². The van der Waals surface area contributed by atoms with Crippen LogP contribution < -0.4 is 15.0 Å². The van der Waals surface area contributed by atoms with Crippen molar-refractivity contribution >= 4 is 28.4 Å². The van der Waals surface area contributed by atoms with E-state index >= 15 is 0 Å². The van der Waals surface area contributed by atoms with Crippen LogP contribution in [0.3, 0.4) is 0 Å². The van der Waals surface area contributed by atoms with Crippen LogP contribution in [0.4, 0.5) is 5.69 Å². The highest BCUT2D eigenvalue weighted by atomic mass is 16.5. The van der Waals surface area contributed by atoms with E-state index in [4.69, 9.17) is 4.74 Å². The van der Waals surface area contributed by atoms with Crippen LogP contribution >= 0.6 is 0 Å². The summed E-state index contributed by atoms with van der Waals surface area (Å²) in [5, 5.41) is 4.47. The number of hydrogen-bond donors (Lipinski definition) is 2. The van der Waals surface area contributed by atoms with Crippen LogP contribution in [-0.4, -0.2) is 29.4 Å². The number of nitrogens with one attached hydrogen (secondary N) is 2. The number of carbonyl (C=O) groups excluding carboxylic acids is 2. The van der Waals surface area contributed by atoms with Gasteiger partial charge in [-0.3, -0.25) is 9.59 Å². The van der Waals surface area contributed by atoms with Gasteiger partial charge in [0.05, 0.1) is 18.2 Å². The molecule has 0 unspecified atom stereocenters. The van der Waals surface area contributed by atoms with Crippen molar-refractivity contribution < 1.29 is 14.3 Å². The summed E-state index contributed by atoms with van der Waals surface area (Å²) in [7, 11) is 0. The minimum absolute atomic E-state index is 0.161. The number of aryl methyl sites for hydroxylation is 1. The van der Waals surface area contributed by atoms with E-state index in [1.54, 1.807) is 24.3 Å². The average Bonchev–Trinajstić information content (AvgIpc) is 3.35. The molecule has 6 nitrogen and oxygen atoms in total. The van der Waals surface area contributed by atoms with Crippen LogP contribution in [0.5, 0.6) is 11.5 Å². The molecule has 1 atom stereocenters. The summed E-state index contributed by atoms with van der Waals surface area (Å²) in [6, 6.07) is 22.3. The topological polar surface area (TPSA) is 74.4 Å². The van der Waals surface area contributed by atoms with Gasteiger partial charge in [0.2, 0.25) is 5.91 Å². The second-order valence-corrected chi connectivity index (χ2v) is 8.30. The van der Waals surface area contributed by atoms with Crippen LogP contribution in [0.2, 0.25) is 0 Å². The van der Waals surface area contributed by atoms with E-state index < -0.39 is 6.04 Å². The fraction of sp³-hybridized carbons (Fsp3) is 0.185. The van der Waals surface area contributed by atoms with E-state index in [-0.39, 0.29) is 18.2 Å². The number of aromatic amines is 1. The molecular formula is C27H25N3O3. The summed E-state index contributed by atoms with van der Waals surface area (Å²) < 4.78 is 5.79. The number of fused-ring (bicyclic) bond motifs is 1. The third kappa shape index (κ3) is 4.38. The van der Waals surface area contributed by atoms with Crippen molar-refractivity contribution in [1.29, 1.82) is 0 Å². The standard InChI is InChI=1S/C27H25N3O3/c1-18-7-12-24-23(15-18)19(17-29-24)13-14-28-25-16-26(31)30(27(25)32)20-8-10-22(11-9-20)33-21-5-3-2-4-6-21/h2-12,15,17,25,28-29H,13-14,16H2,1H3/t25-/m1/s1. The number of para-hydroxylation sites is 1. The highest BCUT2D eigenvalue weighted by Gasteiger charge is 2.39.